The summed E-state index contributed by atoms with van der Waals surface area (Å²) in [5.74, 6) is -0.554. The monoisotopic (exact) mass is 585 g/mol. The van der Waals surface area contributed by atoms with Gasteiger partial charge in [-0.25, -0.2) is 4.98 Å². The zero-order valence-corrected chi connectivity index (χ0v) is 23.5. The van der Waals surface area contributed by atoms with Crippen molar-refractivity contribution in [2.45, 2.75) is 40.7 Å². The van der Waals surface area contributed by atoms with Crippen molar-refractivity contribution in [2.24, 2.45) is 5.41 Å². The number of benzene rings is 2. The Morgan fingerprint density at radius 1 is 1.00 bits per heavy atom. The van der Waals surface area contributed by atoms with E-state index in [2.05, 4.69) is 31.5 Å². The van der Waals surface area contributed by atoms with E-state index in [9.17, 15) is 14.4 Å². The molecule has 194 valence electrons. The number of ketones is 1. The lowest BCUT2D eigenvalue weighted by Crippen LogP contribution is -2.34. The molecule has 1 aromatic heterocycles. The van der Waals surface area contributed by atoms with Crippen LogP contribution in [0.25, 0.3) is 0 Å². The average molecular weight is 587 g/mol. The molecule has 0 aliphatic heterocycles. The van der Waals surface area contributed by atoms with Crippen molar-refractivity contribution in [1.29, 1.82) is 0 Å². The molecule has 0 bridgehead atoms. The highest BCUT2D eigenvalue weighted by atomic mass is 79.9. The molecule has 37 heavy (non-hydrogen) atoms. The van der Waals surface area contributed by atoms with Crippen LogP contribution in [-0.4, -0.2) is 29.2 Å². The highest BCUT2D eigenvalue weighted by Crippen LogP contribution is 2.25. The number of amides is 2. The van der Waals surface area contributed by atoms with Crippen molar-refractivity contribution in [2.75, 3.05) is 11.9 Å². The van der Waals surface area contributed by atoms with E-state index in [4.69, 9.17) is 16.3 Å². The Hall–Kier alpha value is -3.23. The molecule has 0 spiro atoms. The van der Waals surface area contributed by atoms with E-state index in [1.165, 1.54) is 6.20 Å². The van der Waals surface area contributed by atoms with Gasteiger partial charge < -0.3 is 15.4 Å². The second-order valence-electron chi connectivity index (χ2n) is 9.44. The molecule has 3 aromatic rings. The van der Waals surface area contributed by atoms with Crippen LogP contribution in [0.1, 0.15) is 59.5 Å². The molecule has 7 nitrogen and oxygen atoms in total. The number of carbonyl (C=O) groups excluding carboxylic acids is 3. The lowest BCUT2D eigenvalue weighted by atomic mass is 9.95. The Morgan fingerprint density at radius 2 is 1.68 bits per heavy atom. The number of carbonyl (C=O) groups is 3. The molecule has 0 aliphatic carbocycles. The van der Waals surface area contributed by atoms with Crippen molar-refractivity contribution >= 4 is 50.8 Å². The number of aromatic nitrogens is 1. The number of Topliss-reactive ketones (excluding diaryl/α,β-unsaturated/α-hetero) is 1. The molecule has 2 aromatic carbocycles. The maximum Gasteiger partial charge on any atom is 0.257 e. The lowest BCUT2D eigenvalue weighted by Gasteiger charge is -2.18. The van der Waals surface area contributed by atoms with Crippen LogP contribution in [0.2, 0.25) is 5.02 Å². The van der Waals surface area contributed by atoms with Crippen LogP contribution in [0, 0.1) is 5.41 Å². The summed E-state index contributed by atoms with van der Waals surface area (Å²) in [6.45, 7) is 7.88. The van der Waals surface area contributed by atoms with Gasteiger partial charge in [-0.3, -0.25) is 14.4 Å². The second-order valence-corrected chi connectivity index (χ2v) is 10.8. The number of nitrogens with one attached hydrogen (secondary N) is 2. The highest BCUT2D eigenvalue weighted by molar-refractivity contribution is 9.10. The Bertz CT molecular complexity index is 1300. The van der Waals surface area contributed by atoms with E-state index in [0.717, 1.165) is 15.6 Å². The molecule has 2 N–H and O–H groups in total. The van der Waals surface area contributed by atoms with Gasteiger partial charge in [0.05, 0.1) is 34.6 Å². The van der Waals surface area contributed by atoms with Crippen LogP contribution in [0.3, 0.4) is 0 Å². The number of hydrogen-bond donors (Lipinski definition) is 2. The molecule has 1 heterocycles. The van der Waals surface area contributed by atoms with Crippen LogP contribution in [0.5, 0.6) is 5.88 Å². The predicted molar refractivity (Wildman–Crippen MR) is 148 cm³/mol. The van der Waals surface area contributed by atoms with Crippen LogP contribution in [0.15, 0.2) is 59.2 Å². The van der Waals surface area contributed by atoms with Gasteiger partial charge in [-0.05, 0) is 48.4 Å². The number of hydrogen-bond acceptors (Lipinski definition) is 5. The van der Waals surface area contributed by atoms with Gasteiger partial charge in [0.2, 0.25) is 11.8 Å². The van der Waals surface area contributed by atoms with Gasteiger partial charge >= 0.3 is 0 Å². The molecular formula is C28H29BrClN3O4. The molecule has 0 fully saturated rings. The quantitative estimate of drug-likeness (QED) is 0.290. The average Bonchev–Trinajstić information content (AvgIpc) is 2.85. The first-order valence-electron chi connectivity index (χ1n) is 11.8. The number of anilines is 1. The summed E-state index contributed by atoms with van der Waals surface area (Å²) in [4.78, 5) is 42.6. The lowest BCUT2D eigenvalue weighted by molar-refractivity contribution is -0.128. The number of pyridine rings is 1. The topological polar surface area (TPSA) is 97.4 Å². The summed E-state index contributed by atoms with van der Waals surface area (Å²) in [6.07, 6.45) is 1.58. The van der Waals surface area contributed by atoms with Crippen molar-refractivity contribution in [1.82, 2.24) is 10.3 Å². The van der Waals surface area contributed by atoms with Crippen LogP contribution >= 0.6 is 27.5 Å². The smallest absolute Gasteiger partial charge is 0.257 e. The Kier molecular flexibility index (Phi) is 9.45. The van der Waals surface area contributed by atoms with Crippen molar-refractivity contribution in [3.05, 3.63) is 86.5 Å². The molecule has 2 amide bonds. The molecule has 3 rings (SSSR count). The van der Waals surface area contributed by atoms with Gasteiger partial charge in [-0.15, -0.1) is 0 Å². The fourth-order valence-corrected chi connectivity index (χ4v) is 3.82. The third-order valence-corrected chi connectivity index (χ3v) is 6.24. The minimum absolute atomic E-state index is 0.103. The molecule has 9 heteroatoms. The minimum atomic E-state index is -0.528. The minimum Gasteiger partial charge on any atom is -0.477 e. The van der Waals surface area contributed by atoms with Crippen LogP contribution < -0.4 is 15.4 Å². The summed E-state index contributed by atoms with van der Waals surface area (Å²) in [5, 5.41) is 5.88. The largest absolute Gasteiger partial charge is 0.477 e. The van der Waals surface area contributed by atoms with E-state index in [-0.39, 0.29) is 46.7 Å². The number of ether oxygens (including phenoxy) is 1. The first-order valence-corrected chi connectivity index (χ1v) is 12.9. The summed E-state index contributed by atoms with van der Waals surface area (Å²) in [7, 11) is 0. The van der Waals surface area contributed by atoms with E-state index < -0.39 is 11.3 Å². The van der Waals surface area contributed by atoms with Crippen LogP contribution in [0.4, 0.5) is 5.69 Å². The fraction of sp³-hybridized carbons (Fsp3) is 0.286. The van der Waals surface area contributed by atoms with E-state index in [1.807, 2.05) is 45.0 Å². The first-order chi connectivity index (χ1) is 17.5. The summed E-state index contributed by atoms with van der Waals surface area (Å²) in [6, 6.07) is 14.0. The van der Waals surface area contributed by atoms with Gasteiger partial charge in [0.15, 0.2) is 5.78 Å². The van der Waals surface area contributed by atoms with Crippen molar-refractivity contribution in [3.63, 3.8) is 0 Å². The number of halogens is 2. The molecule has 0 unspecified atom stereocenters. The van der Waals surface area contributed by atoms with Gasteiger partial charge in [0, 0.05) is 22.9 Å². The summed E-state index contributed by atoms with van der Waals surface area (Å²) in [5.41, 5.74) is 1.87. The second kappa shape index (κ2) is 12.3. The summed E-state index contributed by atoms with van der Waals surface area (Å²) < 4.78 is 6.48. The first kappa shape index (κ1) is 28.3. The van der Waals surface area contributed by atoms with Gasteiger partial charge in [0.25, 0.3) is 5.91 Å². The molecule has 0 saturated heterocycles. The maximum atomic E-state index is 13.1. The normalized spacial score (nSPS) is 11.1. The molecule has 0 aliphatic rings. The summed E-state index contributed by atoms with van der Waals surface area (Å²) >= 11 is 9.69. The molecule has 0 radical (unpaired) electrons. The predicted octanol–water partition coefficient (Wildman–Crippen LogP) is 6.24. The number of nitrogens with zero attached hydrogens (tertiary/aromatic N) is 1. The third-order valence-electron chi connectivity index (χ3n) is 5.38. The molecular weight excluding hydrogens is 558 g/mol. The molecule has 0 saturated carbocycles. The van der Waals surface area contributed by atoms with Gasteiger partial charge in [-0.1, -0.05) is 66.5 Å². The van der Waals surface area contributed by atoms with Crippen LogP contribution in [-0.2, 0) is 17.8 Å². The van der Waals surface area contributed by atoms with Crippen molar-refractivity contribution < 1.29 is 19.1 Å². The Balaban J connectivity index is 1.79. The van der Waals surface area contributed by atoms with E-state index >= 15 is 0 Å². The molecule has 0 atom stereocenters. The van der Waals surface area contributed by atoms with Gasteiger partial charge in [-0.2, -0.15) is 0 Å². The Labute approximate surface area is 230 Å². The van der Waals surface area contributed by atoms with Gasteiger partial charge in [0.1, 0.15) is 0 Å². The third kappa shape index (κ3) is 7.87. The van der Waals surface area contributed by atoms with Crippen molar-refractivity contribution in [3.8, 4) is 5.88 Å². The number of rotatable bonds is 9. The fourth-order valence-electron chi connectivity index (χ4n) is 3.36. The Morgan fingerprint density at radius 3 is 2.32 bits per heavy atom. The zero-order valence-electron chi connectivity index (χ0n) is 21.2. The zero-order chi connectivity index (χ0) is 27.2. The standard InChI is InChI=1S/C28H29BrClN3O4/c1-5-37-26-22(24(34)13-17-6-9-19(29)10-7-17)14-20(16-31-26)33-25(35)21-12-18(8-11-23(21)30)15-32-27(36)28(2,3)4/h6-12,14,16H,5,13,15H2,1-4H3,(H,32,36)(H,33,35). The maximum absolute atomic E-state index is 13.1. The van der Waals surface area contributed by atoms with E-state index in [0.29, 0.717) is 12.3 Å². The SMILES string of the molecule is CCOc1ncc(NC(=O)c2cc(CNC(=O)C(C)(C)C)ccc2Cl)cc1C(=O)Cc1ccc(Br)cc1. The van der Waals surface area contributed by atoms with E-state index in [1.54, 1.807) is 31.2 Å². The highest BCUT2D eigenvalue weighted by Gasteiger charge is 2.21.